The summed E-state index contributed by atoms with van der Waals surface area (Å²) in [5.41, 5.74) is 5.58. The third-order valence-electron chi connectivity index (χ3n) is 0.911. The van der Waals surface area contributed by atoms with Gasteiger partial charge in [0.15, 0.2) is 0 Å². The Hall–Kier alpha value is 0.120. The molecule has 0 saturated carbocycles. The number of halogens is 2. The van der Waals surface area contributed by atoms with Crippen molar-refractivity contribution in [3.8, 4) is 0 Å². The molecule has 6 N–H and O–H groups in total. The smallest absolute Gasteiger partial charge is 0.326 e. The molecule has 0 aromatic heterocycles. The second-order valence-corrected chi connectivity index (χ2v) is 5.18. The summed E-state index contributed by atoms with van der Waals surface area (Å²) in [6.07, 6.45) is 1.05. The summed E-state index contributed by atoms with van der Waals surface area (Å²) in [5.74, 6) is 0. The van der Waals surface area contributed by atoms with Gasteiger partial charge in [-0.2, -0.15) is 0 Å². The summed E-state index contributed by atoms with van der Waals surface area (Å²) < 4.78 is 38.0. The third-order valence-corrected chi connectivity index (χ3v) is 0.911. The van der Waals surface area contributed by atoms with Gasteiger partial charge in [0.1, 0.15) is 0 Å². The molecule has 0 amide bonds. The highest BCUT2D eigenvalue weighted by Crippen LogP contribution is 2.35. The second kappa shape index (κ2) is 8.25. The maximum atomic E-state index is 10.4. The Kier molecular flexibility index (Phi) is 11.0. The van der Waals surface area contributed by atoms with Crippen LogP contribution in [0.5, 0.6) is 0 Å². The van der Waals surface area contributed by atoms with E-state index in [1.165, 1.54) is 0 Å². The first-order chi connectivity index (χ1) is 6.56. The predicted molar refractivity (Wildman–Crippen MR) is 54.9 cm³/mol. The molecule has 0 spiro atoms. The first-order valence-electron chi connectivity index (χ1n) is 3.85. The molecule has 102 valence electrons. The Morgan fingerprint density at radius 3 is 1.12 bits per heavy atom. The molecule has 0 rings (SSSR count). The maximum absolute atomic E-state index is 10.4. The molecule has 0 aliphatic heterocycles. The van der Waals surface area contributed by atoms with Crippen molar-refractivity contribution in [1.82, 2.24) is 0 Å². The highest BCUT2D eigenvalue weighted by molar-refractivity contribution is 7.46. The van der Waals surface area contributed by atoms with Crippen molar-refractivity contribution >= 4 is 15.8 Å². The number of hydrogen-bond acceptors (Lipinski definition) is 3. The van der Waals surface area contributed by atoms with Crippen molar-refractivity contribution in [2.24, 2.45) is 5.73 Å². The summed E-state index contributed by atoms with van der Waals surface area (Å²) in [6, 6.07) is 0. The van der Waals surface area contributed by atoms with Crippen LogP contribution >= 0.6 is 15.8 Å². The fourth-order valence-electron chi connectivity index (χ4n) is 0. The monoisotopic (exact) mass is 287 g/mol. The van der Waals surface area contributed by atoms with Crippen LogP contribution in [-0.2, 0) is 9.13 Å². The van der Waals surface area contributed by atoms with Gasteiger partial charge >= 0.3 is 15.8 Å². The lowest BCUT2D eigenvalue weighted by molar-refractivity contribution is 0.320. The Labute approximate surface area is 92.2 Å². The standard InChI is InChI=1S/C5H13N.2FH2O3P/c1-4-5(2,3)6;2*1-5(2,3)4/h4,6H2,1-3H3;2*(H2,2,3,4). The molecule has 11 heteroatoms. The van der Waals surface area contributed by atoms with Gasteiger partial charge < -0.3 is 5.73 Å². The molecule has 0 aromatic carbocycles. The second-order valence-electron chi connectivity index (χ2n) is 3.29. The highest BCUT2D eigenvalue weighted by Gasteiger charge is 2.05. The van der Waals surface area contributed by atoms with E-state index in [0.717, 1.165) is 6.42 Å². The van der Waals surface area contributed by atoms with Crippen molar-refractivity contribution in [2.45, 2.75) is 32.7 Å². The van der Waals surface area contributed by atoms with Crippen molar-refractivity contribution in [2.75, 3.05) is 0 Å². The minimum absolute atomic E-state index is 0.0417. The fraction of sp³-hybridized carbons (Fsp3) is 1.00. The van der Waals surface area contributed by atoms with Crippen molar-refractivity contribution in [1.29, 1.82) is 0 Å². The lowest BCUT2D eigenvalue weighted by atomic mass is 10.1. The Morgan fingerprint density at radius 2 is 1.12 bits per heavy atom. The zero-order valence-corrected chi connectivity index (χ0v) is 10.8. The fourth-order valence-corrected chi connectivity index (χ4v) is 0. The first kappa shape index (κ1) is 21.4. The number of rotatable bonds is 1. The van der Waals surface area contributed by atoms with Crippen LogP contribution in [0.15, 0.2) is 0 Å². The van der Waals surface area contributed by atoms with Crippen LogP contribution < -0.4 is 5.73 Å². The minimum Gasteiger partial charge on any atom is -0.326 e. The molecule has 0 saturated heterocycles. The topological polar surface area (TPSA) is 141 Å². The SMILES string of the molecule is CCC(C)(C)N.O=P(O)(O)F.O=P(O)(O)F. The summed E-state index contributed by atoms with van der Waals surface area (Å²) in [6.45, 7) is 6.12. The Balaban J connectivity index is -0.000000160. The Morgan fingerprint density at radius 1 is 1.06 bits per heavy atom. The highest BCUT2D eigenvalue weighted by atomic mass is 31.2. The zero-order chi connectivity index (χ0) is 14.2. The first-order valence-corrected chi connectivity index (χ1v) is 6.86. The molecule has 0 fully saturated rings. The van der Waals surface area contributed by atoms with Gasteiger partial charge in [0.05, 0.1) is 0 Å². The quantitative estimate of drug-likeness (QED) is 0.456. The largest absolute Gasteiger partial charge is 0.507 e. The lowest BCUT2D eigenvalue weighted by Gasteiger charge is -2.13. The maximum Gasteiger partial charge on any atom is 0.507 e. The van der Waals surface area contributed by atoms with Crippen molar-refractivity contribution in [3.63, 3.8) is 0 Å². The van der Waals surface area contributed by atoms with Gasteiger partial charge in [-0.1, -0.05) is 6.92 Å². The van der Waals surface area contributed by atoms with E-state index in [0.29, 0.717) is 0 Å². The molecular weight excluding hydrogens is 270 g/mol. The van der Waals surface area contributed by atoms with Crippen LogP contribution in [0.3, 0.4) is 0 Å². The van der Waals surface area contributed by atoms with Crippen LogP contribution in [0.1, 0.15) is 27.2 Å². The average molecular weight is 287 g/mol. The van der Waals surface area contributed by atoms with E-state index in [4.69, 9.17) is 34.4 Å². The molecule has 16 heavy (non-hydrogen) atoms. The summed E-state index contributed by atoms with van der Waals surface area (Å²) >= 11 is 0. The molecule has 0 unspecified atom stereocenters. The molecular formula is C5H17F2NO6P2. The van der Waals surface area contributed by atoms with E-state index in [9.17, 15) is 8.39 Å². The average Bonchev–Trinajstić information content (AvgIpc) is 1.77. The van der Waals surface area contributed by atoms with E-state index in [-0.39, 0.29) is 5.54 Å². The van der Waals surface area contributed by atoms with Gasteiger partial charge in [-0.3, -0.25) is 19.6 Å². The molecule has 0 aromatic rings. The van der Waals surface area contributed by atoms with Gasteiger partial charge in [0, 0.05) is 5.54 Å². The normalized spacial score (nSPS) is 11.9. The molecule has 0 heterocycles. The van der Waals surface area contributed by atoms with E-state index in [1.807, 2.05) is 13.8 Å². The predicted octanol–water partition coefficient (Wildman–Crippen LogP) is 1.23. The third kappa shape index (κ3) is 250. The van der Waals surface area contributed by atoms with Gasteiger partial charge in [-0.15, -0.1) is 8.39 Å². The van der Waals surface area contributed by atoms with Gasteiger partial charge in [0.25, 0.3) is 0 Å². The van der Waals surface area contributed by atoms with Crippen LogP contribution in [0, 0.1) is 0 Å². The van der Waals surface area contributed by atoms with Crippen LogP contribution in [0.4, 0.5) is 8.39 Å². The summed E-state index contributed by atoms with van der Waals surface area (Å²) in [5, 5.41) is 0. The Bertz CT molecular complexity index is 220. The van der Waals surface area contributed by atoms with Crippen molar-refractivity contribution in [3.05, 3.63) is 0 Å². The lowest BCUT2D eigenvalue weighted by Crippen LogP contribution is -2.30. The molecule has 0 aliphatic rings. The molecule has 0 atom stereocenters. The molecule has 0 bridgehead atoms. The van der Waals surface area contributed by atoms with Crippen LogP contribution in [0.2, 0.25) is 0 Å². The molecule has 0 radical (unpaired) electrons. The van der Waals surface area contributed by atoms with Crippen molar-refractivity contribution < 1.29 is 37.1 Å². The van der Waals surface area contributed by atoms with Gasteiger partial charge in [-0.25, -0.2) is 9.13 Å². The number of hydrogen-bond donors (Lipinski definition) is 5. The van der Waals surface area contributed by atoms with Gasteiger partial charge in [-0.05, 0) is 20.3 Å². The van der Waals surface area contributed by atoms with Crippen LogP contribution in [0.25, 0.3) is 0 Å². The van der Waals surface area contributed by atoms with E-state index >= 15 is 0 Å². The van der Waals surface area contributed by atoms with E-state index < -0.39 is 15.8 Å². The molecule has 0 aliphatic carbocycles. The van der Waals surface area contributed by atoms with E-state index in [1.54, 1.807) is 0 Å². The minimum atomic E-state index is -5.14. The molecule has 7 nitrogen and oxygen atoms in total. The summed E-state index contributed by atoms with van der Waals surface area (Å²) in [4.78, 5) is 27.9. The number of nitrogens with two attached hydrogens (primary N) is 1. The zero-order valence-electron chi connectivity index (χ0n) is 9.04. The van der Waals surface area contributed by atoms with Gasteiger partial charge in [0.2, 0.25) is 0 Å². The van der Waals surface area contributed by atoms with E-state index in [2.05, 4.69) is 6.92 Å². The van der Waals surface area contributed by atoms with Crippen LogP contribution in [-0.4, -0.2) is 25.1 Å². The summed E-state index contributed by atoms with van der Waals surface area (Å²) in [7, 11) is -10.3.